The second-order valence-electron chi connectivity index (χ2n) is 17.6. The quantitative estimate of drug-likeness (QED) is 0.142. The highest BCUT2D eigenvalue weighted by Crippen LogP contribution is 2.49. The van der Waals surface area contributed by atoms with Crippen molar-refractivity contribution >= 4 is 109 Å². The Morgan fingerprint density at radius 3 is 1.69 bits per heavy atom. The minimum absolute atomic E-state index is 0.840. The molecular weight excluding hydrogens is 809 g/mol. The number of anilines is 6. The lowest BCUT2D eigenvalue weighted by atomic mass is 9.90. The number of nitrogens with zero attached hydrogens (tertiary/aromatic N) is 2. The van der Waals surface area contributed by atoms with E-state index in [9.17, 15) is 0 Å². The van der Waals surface area contributed by atoms with E-state index in [1.54, 1.807) is 0 Å². The third-order valence-corrected chi connectivity index (χ3v) is 14.7. The average Bonchev–Trinajstić information content (AvgIpc) is 3.74. The van der Waals surface area contributed by atoms with Crippen LogP contribution in [0.4, 0.5) is 34.1 Å². The van der Waals surface area contributed by atoms with Gasteiger partial charge < -0.3 is 14.2 Å². The summed E-state index contributed by atoms with van der Waals surface area (Å²) in [5.74, 6) is 0. The van der Waals surface area contributed by atoms with Gasteiger partial charge in [-0.3, -0.25) is 0 Å². The van der Waals surface area contributed by atoms with Crippen LogP contribution in [0.15, 0.2) is 234 Å². The smallest absolute Gasteiger partial charge is 0.159 e. The average molecular weight is 855 g/mol. The molecule has 12 rings (SSSR count). The van der Waals surface area contributed by atoms with Gasteiger partial charge in [-0.1, -0.05) is 146 Å². The summed E-state index contributed by atoms with van der Waals surface area (Å²) in [5, 5.41) is 12.0. The minimum Gasteiger partial charge on any atom is -0.454 e. The summed E-state index contributed by atoms with van der Waals surface area (Å²) in [6.07, 6.45) is 7.05. The van der Waals surface area contributed by atoms with Crippen LogP contribution in [0.25, 0.3) is 76.2 Å². The van der Waals surface area contributed by atoms with E-state index in [0.717, 1.165) is 67.2 Å². The number of rotatable bonds is 8. The Bertz CT molecular complexity index is 3740. The molecule has 0 bridgehead atoms. The van der Waals surface area contributed by atoms with Crippen LogP contribution < -0.4 is 9.80 Å². The Balaban J connectivity index is 1.06. The van der Waals surface area contributed by atoms with Crippen LogP contribution in [0.3, 0.4) is 0 Å². The van der Waals surface area contributed by atoms with Crippen molar-refractivity contribution < 1.29 is 4.42 Å². The molecule has 1 aromatic heterocycles. The predicted molar refractivity (Wildman–Crippen MR) is 282 cm³/mol. The third-order valence-electron chi connectivity index (χ3n) is 13.0. The first-order valence-electron chi connectivity index (χ1n) is 22.2. The van der Waals surface area contributed by atoms with Crippen molar-refractivity contribution in [3.8, 4) is 11.1 Å². The molecule has 0 aliphatic carbocycles. The Labute approximate surface area is 380 Å². The zero-order valence-corrected chi connectivity index (χ0v) is 37.4. The summed E-state index contributed by atoms with van der Waals surface area (Å²) in [6, 6.07) is 81.7. The molecule has 0 aliphatic rings. The molecular formula is C61H46N2OS. The molecule has 0 radical (unpaired) electrons. The zero-order valence-electron chi connectivity index (χ0n) is 36.6. The lowest BCUT2D eigenvalue weighted by Gasteiger charge is -2.29. The first kappa shape index (κ1) is 38.9. The van der Waals surface area contributed by atoms with E-state index >= 15 is 0 Å². The highest BCUT2D eigenvalue weighted by Gasteiger charge is 2.23. The summed E-state index contributed by atoms with van der Waals surface area (Å²) in [5.41, 5.74) is 10.6. The minimum atomic E-state index is -0.840. The Kier molecular flexibility index (Phi) is 9.25. The monoisotopic (exact) mass is 854 g/mol. The molecule has 4 heteroatoms. The summed E-state index contributed by atoms with van der Waals surface area (Å²) in [6.45, 7) is 0. The second kappa shape index (κ2) is 15.5. The van der Waals surface area contributed by atoms with Gasteiger partial charge in [0.2, 0.25) is 0 Å². The number of hydrogen-bond acceptors (Lipinski definition) is 3. The zero-order chi connectivity index (χ0) is 43.6. The Morgan fingerprint density at radius 2 is 0.908 bits per heavy atom. The van der Waals surface area contributed by atoms with E-state index in [2.05, 4.69) is 247 Å². The van der Waals surface area contributed by atoms with Gasteiger partial charge in [0.1, 0.15) is 5.58 Å². The summed E-state index contributed by atoms with van der Waals surface area (Å²) >= 11 is 0. The lowest BCUT2D eigenvalue weighted by molar-refractivity contribution is 0.669. The van der Waals surface area contributed by atoms with Gasteiger partial charge in [0.15, 0.2) is 5.58 Å². The highest BCUT2D eigenvalue weighted by atomic mass is 32.3. The van der Waals surface area contributed by atoms with Crippen LogP contribution in [0.5, 0.6) is 0 Å². The largest absolute Gasteiger partial charge is 0.454 e. The number of furan rings is 1. The van der Waals surface area contributed by atoms with Gasteiger partial charge in [-0.2, -0.15) is 0 Å². The molecule has 1 heterocycles. The van der Waals surface area contributed by atoms with Gasteiger partial charge in [0, 0.05) is 39.1 Å². The van der Waals surface area contributed by atoms with Gasteiger partial charge in [0.25, 0.3) is 0 Å². The fourth-order valence-electron chi connectivity index (χ4n) is 9.91. The number of para-hydroxylation sites is 4. The Hall–Kier alpha value is -7.79. The first-order valence-corrected chi connectivity index (χ1v) is 25.0. The summed E-state index contributed by atoms with van der Waals surface area (Å²) in [7, 11) is -0.840. The van der Waals surface area contributed by atoms with Crippen molar-refractivity contribution in [1.29, 1.82) is 0 Å². The molecule has 0 fully saturated rings. The molecule has 65 heavy (non-hydrogen) atoms. The molecule has 3 nitrogen and oxygen atoms in total. The maximum absolute atomic E-state index is 6.76. The second-order valence-corrected chi connectivity index (χ2v) is 21.8. The molecule has 0 amide bonds. The molecule has 0 N–H and O–H groups in total. The van der Waals surface area contributed by atoms with Crippen LogP contribution in [-0.4, -0.2) is 18.8 Å². The number of hydrogen-bond donors (Lipinski definition) is 0. The summed E-state index contributed by atoms with van der Waals surface area (Å²) < 4.78 is 6.76. The fourth-order valence-corrected chi connectivity index (χ4v) is 10.9. The SMILES string of the molecule is CS(C)(C)c1ccc(N(c2ccccc2)c2ccc3c(ccc4c5ccc(N(c6ccccc6-c6ccccc6)c6cccc7c6oc6ccccc67)cc5c5ccccc5c34)c2)cc1. The molecule has 12 aromatic rings. The molecule has 0 unspecified atom stereocenters. The normalized spacial score (nSPS) is 12.2. The van der Waals surface area contributed by atoms with Crippen molar-refractivity contribution in [3.63, 3.8) is 0 Å². The maximum atomic E-state index is 6.76. The topological polar surface area (TPSA) is 19.6 Å². The fraction of sp³-hybridized carbons (Fsp3) is 0.0492. The van der Waals surface area contributed by atoms with Crippen molar-refractivity contribution in [3.05, 3.63) is 224 Å². The van der Waals surface area contributed by atoms with E-state index in [0.29, 0.717) is 0 Å². The van der Waals surface area contributed by atoms with E-state index in [1.807, 2.05) is 6.07 Å². The molecule has 0 spiro atoms. The molecule has 0 aliphatic heterocycles. The van der Waals surface area contributed by atoms with Gasteiger partial charge in [0.05, 0.1) is 11.4 Å². The van der Waals surface area contributed by atoms with Crippen LogP contribution >= 0.6 is 10.0 Å². The van der Waals surface area contributed by atoms with Crippen LogP contribution in [0.2, 0.25) is 0 Å². The lowest BCUT2D eigenvalue weighted by Crippen LogP contribution is -2.11. The van der Waals surface area contributed by atoms with E-state index in [-0.39, 0.29) is 0 Å². The van der Waals surface area contributed by atoms with Gasteiger partial charge in [-0.05, 0) is 151 Å². The molecule has 0 saturated heterocycles. The van der Waals surface area contributed by atoms with Gasteiger partial charge in [-0.15, -0.1) is 0 Å². The highest BCUT2D eigenvalue weighted by molar-refractivity contribution is 8.32. The number of fused-ring (bicyclic) bond motifs is 11. The van der Waals surface area contributed by atoms with Crippen LogP contribution in [0.1, 0.15) is 0 Å². The summed E-state index contributed by atoms with van der Waals surface area (Å²) in [4.78, 5) is 6.17. The standard InChI is InChI=1S/C61H46N2OS/c1-65(2,3)47-34-30-44(31-35-47)62(43-19-8-5-9-20-43)45-32-37-49-42(39-45)29-36-54-51-38-33-46(40-56(51)50-22-10-11-24-53(50)60(49)54)63(57-26-14-12-21-48(57)41-17-6-4-7-18-41)58-27-16-25-55-52-23-13-15-28-59(52)64-61(55)58/h4-40H,1-3H3. The van der Waals surface area contributed by atoms with Crippen LogP contribution in [-0.2, 0) is 0 Å². The third kappa shape index (κ3) is 6.60. The number of benzene rings is 11. The molecule has 312 valence electrons. The van der Waals surface area contributed by atoms with Crippen molar-refractivity contribution in [1.82, 2.24) is 0 Å². The van der Waals surface area contributed by atoms with E-state index in [1.165, 1.54) is 48.0 Å². The van der Waals surface area contributed by atoms with Crippen molar-refractivity contribution in [2.45, 2.75) is 4.90 Å². The first-order chi connectivity index (χ1) is 31.9. The van der Waals surface area contributed by atoms with Crippen molar-refractivity contribution in [2.24, 2.45) is 0 Å². The van der Waals surface area contributed by atoms with E-state index < -0.39 is 10.0 Å². The van der Waals surface area contributed by atoms with Crippen LogP contribution in [0, 0.1) is 0 Å². The maximum Gasteiger partial charge on any atom is 0.159 e. The Morgan fingerprint density at radius 1 is 0.354 bits per heavy atom. The molecule has 0 atom stereocenters. The van der Waals surface area contributed by atoms with E-state index in [4.69, 9.17) is 4.42 Å². The predicted octanol–water partition coefficient (Wildman–Crippen LogP) is 17.9. The van der Waals surface area contributed by atoms with Gasteiger partial charge in [-0.25, -0.2) is 10.0 Å². The van der Waals surface area contributed by atoms with Gasteiger partial charge >= 0.3 is 0 Å². The molecule has 11 aromatic carbocycles. The molecule has 0 saturated carbocycles. The van der Waals surface area contributed by atoms with Crippen molar-refractivity contribution in [2.75, 3.05) is 28.6 Å².